The van der Waals surface area contributed by atoms with Gasteiger partial charge in [-0.05, 0) is 38.8 Å². The van der Waals surface area contributed by atoms with E-state index in [1.807, 2.05) is 30.5 Å². The summed E-state index contributed by atoms with van der Waals surface area (Å²) in [6.07, 6.45) is 5.38. The first kappa shape index (κ1) is 13.2. The van der Waals surface area contributed by atoms with Crippen LogP contribution in [0, 0.1) is 0 Å². The lowest BCUT2D eigenvalue weighted by Crippen LogP contribution is -2.54. The van der Waals surface area contributed by atoms with Crippen LogP contribution in [0.2, 0.25) is 0 Å². The number of hydrazine groups is 1. The van der Waals surface area contributed by atoms with Gasteiger partial charge < -0.3 is 4.98 Å². The van der Waals surface area contributed by atoms with Gasteiger partial charge in [0.1, 0.15) is 0 Å². The van der Waals surface area contributed by atoms with Crippen LogP contribution in [-0.2, 0) is 0 Å². The third-order valence-corrected chi connectivity index (χ3v) is 4.26. The second-order valence-electron chi connectivity index (χ2n) is 5.72. The van der Waals surface area contributed by atoms with E-state index in [1.165, 1.54) is 6.42 Å². The average molecular weight is 271 g/mol. The van der Waals surface area contributed by atoms with Gasteiger partial charge in [-0.2, -0.15) is 0 Å². The monoisotopic (exact) mass is 271 g/mol. The molecule has 3 rings (SSSR count). The Morgan fingerprint density at radius 1 is 1.25 bits per heavy atom. The maximum absolute atomic E-state index is 12.5. The number of H-pyrrole nitrogens is 1. The summed E-state index contributed by atoms with van der Waals surface area (Å²) < 4.78 is 0. The Morgan fingerprint density at radius 3 is 2.75 bits per heavy atom. The summed E-state index contributed by atoms with van der Waals surface area (Å²) in [7, 11) is 0. The number of para-hydroxylation sites is 1. The number of nitrogens with zero attached hydrogens (tertiary/aromatic N) is 1. The van der Waals surface area contributed by atoms with E-state index in [9.17, 15) is 4.79 Å². The molecule has 2 N–H and O–H groups in total. The number of aromatic amines is 1. The number of aromatic nitrogens is 1. The topological polar surface area (TPSA) is 48.1 Å². The second kappa shape index (κ2) is 5.29. The van der Waals surface area contributed by atoms with Crippen molar-refractivity contribution in [2.45, 2.75) is 45.2 Å². The van der Waals surface area contributed by atoms with E-state index < -0.39 is 0 Å². The van der Waals surface area contributed by atoms with E-state index in [1.54, 1.807) is 0 Å². The minimum Gasteiger partial charge on any atom is -0.361 e. The summed E-state index contributed by atoms with van der Waals surface area (Å²) >= 11 is 0. The number of carbonyl (C=O) groups is 1. The van der Waals surface area contributed by atoms with Crippen molar-refractivity contribution in [2.75, 3.05) is 0 Å². The normalized spacial score (nSPS) is 23.9. The predicted molar refractivity (Wildman–Crippen MR) is 80.4 cm³/mol. The van der Waals surface area contributed by atoms with Crippen molar-refractivity contribution in [3.05, 3.63) is 36.0 Å². The number of rotatable bonds is 2. The van der Waals surface area contributed by atoms with Crippen LogP contribution in [0.15, 0.2) is 30.5 Å². The van der Waals surface area contributed by atoms with E-state index in [-0.39, 0.29) is 5.91 Å². The Bertz CT molecular complexity index is 609. The Morgan fingerprint density at radius 2 is 2.00 bits per heavy atom. The fourth-order valence-corrected chi connectivity index (χ4v) is 3.09. The molecule has 1 saturated heterocycles. The number of nitrogens with one attached hydrogen (secondary N) is 2. The molecule has 106 valence electrons. The third-order valence-electron chi connectivity index (χ3n) is 4.26. The summed E-state index contributed by atoms with van der Waals surface area (Å²) in [6.45, 7) is 4.34. The molecule has 20 heavy (non-hydrogen) atoms. The predicted octanol–water partition coefficient (Wildman–Crippen LogP) is 3.08. The molecule has 0 radical (unpaired) electrons. The Balaban J connectivity index is 1.84. The highest BCUT2D eigenvalue weighted by Crippen LogP contribution is 2.22. The quantitative estimate of drug-likeness (QED) is 0.882. The molecular formula is C16H21N3O. The van der Waals surface area contributed by atoms with E-state index in [0.717, 1.165) is 23.7 Å². The van der Waals surface area contributed by atoms with Crippen molar-refractivity contribution >= 4 is 16.8 Å². The molecule has 4 nitrogen and oxygen atoms in total. The van der Waals surface area contributed by atoms with Gasteiger partial charge in [0, 0.05) is 23.7 Å². The molecular weight excluding hydrogens is 250 g/mol. The van der Waals surface area contributed by atoms with Gasteiger partial charge in [-0.15, -0.1) is 0 Å². The molecule has 4 heteroatoms. The Hall–Kier alpha value is -1.81. The molecule has 1 aromatic heterocycles. The zero-order valence-corrected chi connectivity index (χ0v) is 12.0. The maximum atomic E-state index is 12.5. The highest BCUT2D eigenvalue weighted by Gasteiger charge is 2.26. The van der Waals surface area contributed by atoms with Crippen LogP contribution in [0.4, 0.5) is 0 Å². The van der Waals surface area contributed by atoms with E-state index in [4.69, 9.17) is 0 Å². The SMILES string of the molecule is CC1CCCC(C)N1NC(=O)c1cccc2cc[nH]c12. The van der Waals surface area contributed by atoms with Gasteiger partial charge in [-0.3, -0.25) is 10.2 Å². The summed E-state index contributed by atoms with van der Waals surface area (Å²) in [5, 5.41) is 3.17. The molecule has 0 bridgehead atoms. The molecule has 2 unspecified atom stereocenters. The van der Waals surface area contributed by atoms with Crippen LogP contribution >= 0.6 is 0 Å². The summed E-state index contributed by atoms with van der Waals surface area (Å²) in [6, 6.07) is 8.57. The van der Waals surface area contributed by atoms with Crippen molar-refractivity contribution < 1.29 is 4.79 Å². The zero-order valence-electron chi connectivity index (χ0n) is 12.0. The van der Waals surface area contributed by atoms with Crippen LogP contribution < -0.4 is 5.43 Å². The van der Waals surface area contributed by atoms with Crippen molar-refractivity contribution in [3.63, 3.8) is 0 Å². The number of hydrogen-bond acceptors (Lipinski definition) is 2. The van der Waals surface area contributed by atoms with Gasteiger partial charge in [0.2, 0.25) is 0 Å². The maximum Gasteiger partial charge on any atom is 0.267 e. The van der Waals surface area contributed by atoms with Crippen LogP contribution in [0.5, 0.6) is 0 Å². The highest BCUT2D eigenvalue weighted by atomic mass is 16.2. The van der Waals surface area contributed by atoms with Crippen LogP contribution in [0.25, 0.3) is 10.9 Å². The molecule has 1 fully saturated rings. The van der Waals surface area contributed by atoms with Gasteiger partial charge in [0.05, 0.1) is 11.1 Å². The lowest BCUT2D eigenvalue weighted by Gasteiger charge is -2.38. The minimum absolute atomic E-state index is 0.0290. The average Bonchev–Trinajstić information content (AvgIpc) is 2.91. The van der Waals surface area contributed by atoms with E-state index >= 15 is 0 Å². The smallest absolute Gasteiger partial charge is 0.267 e. The number of benzene rings is 1. The fraction of sp³-hybridized carbons (Fsp3) is 0.438. The number of hydrogen-bond donors (Lipinski definition) is 2. The Labute approximate surface area is 119 Å². The lowest BCUT2D eigenvalue weighted by atomic mass is 10.00. The second-order valence-corrected chi connectivity index (χ2v) is 5.72. The molecule has 0 spiro atoms. The first-order valence-corrected chi connectivity index (χ1v) is 7.32. The molecule has 2 aromatic rings. The summed E-state index contributed by atoms with van der Waals surface area (Å²) in [5.41, 5.74) is 4.70. The van der Waals surface area contributed by atoms with Gasteiger partial charge >= 0.3 is 0 Å². The highest BCUT2D eigenvalue weighted by molar-refractivity contribution is 6.05. The molecule has 1 aliphatic rings. The minimum atomic E-state index is -0.0290. The molecule has 0 aliphatic carbocycles. The van der Waals surface area contributed by atoms with Gasteiger partial charge in [0.15, 0.2) is 0 Å². The molecule has 1 aromatic carbocycles. The number of fused-ring (bicyclic) bond motifs is 1. The van der Waals surface area contributed by atoms with Gasteiger partial charge in [0.25, 0.3) is 5.91 Å². The van der Waals surface area contributed by atoms with Gasteiger partial charge in [-0.1, -0.05) is 18.6 Å². The van der Waals surface area contributed by atoms with Crippen molar-refractivity contribution in [2.24, 2.45) is 0 Å². The third kappa shape index (κ3) is 2.31. The van der Waals surface area contributed by atoms with Crippen LogP contribution in [0.1, 0.15) is 43.5 Å². The molecule has 2 heterocycles. The van der Waals surface area contributed by atoms with E-state index in [2.05, 4.69) is 29.3 Å². The molecule has 0 saturated carbocycles. The van der Waals surface area contributed by atoms with Crippen molar-refractivity contribution in [3.8, 4) is 0 Å². The van der Waals surface area contributed by atoms with E-state index in [0.29, 0.717) is 17.6 Å². The molecule has 1 aliphatic heterocycles. The standard InChI is InChI=1S/C16H21N3O/c1-11-5-3-6-12(2)19(11)18-16(20)14-8-4-7-13-9-10-17-15(13)14/h4,7-12,17H,3,5-6H2,1-2H3,(H,18,20). The first-order valence-electron chi connectivity index (χ1n) is 7.32. The zero-order chi connectivity index (χ0) is 14.1. The Kier molecular flexibility index (Phi) is 3.49. The summed E-state index contributed by atoms with van der Waals surface area (Å²) in [4.78, 5) is 15.7. The van der Waals surface area contributed by atoms with Gasteiger partial charge in [-0.25, -0.2) is 5.01 Å². The first-order chi connectivity index (χ1) is 9.66. The number of carbonyl (C=O) groups excluding carboxylic acids is 1. The van der Waals surface area contributed by atoms with Crippen molar-refractivity contribution in [1.29, 1.82) is 0 Å². The number of piperidine rings is 1. The van der Waals surface area contributed by atoms with Crippen LogP contribution in [0.3, 0.4) is 0 Å². The molecule has 1 amide bonds. The van der Waals surface area contributed by atoms with Crippen LogP contribution in [-0.4, -0.2) is 28.0 Å². The number of amides is 1. The molecule has 2 atom stereocenters. The fourth-order valence-electron chi connectivity index (χ4n) is 3.09. The lowest BCUT2D eigenvalue weighted by molar-refractivity contribution is 0.0371. The largest absolute Gasteiger partial charge is 0.361 e. The van der Waals surface area contributed by atoms with Crippen molar-refractivity contribution in [1.82, 2.24) is 15.4 Å². The summed E-state index contributed by atoms with van der Waals surface area (Å²) in [5.74, 6) is -0.0290.